The molecule has 2 aromatic rings. The number of nitrogens with zero attached hydrogens (tertiary/aromatic N) is 2. The van der Waals surface area contributed by atoms with Crippen molar-refractivity contribution in [2.45, 2.75) is 26.2 Å². The molecular formula is C23H39N5O3. The summed E-state index contributed by atoms with van der Waals surface area (Å²) in [5.41, 5.74) is 2.20. The van der Waals surface area contributed by atoms with Crippen molar-refractivity contribution in [2.75, 3.05) is 67.7 Å². The van der Waals surface area contributed by atoms with Crippen LogP contribution in [0, 0.1) is 0 Å². The maximum atomic E-state index is 5.50. The predicted molar refractivity (Wildman–Crippen MR) is 128 cm³/mol. The molecular weight excluding hydrogens is 394 g/mol. The fourth-order valence-electron chi connectivity index (χ4n) is 3.42. The zero-order chi connectivity index (χ0) is 22.5. The molecule has 0 bridgehead atoms. The monoisotopic (exact) mass is 433 g/mol. The van der Waals surface area contributed by atoms with Gasteiger partial charge in [0, 0.05) is 69.7 Å². The maximum absolute atomic E-state index is 5.50. The van der Waals surface area contributed by atoms with E-state index >= 15 is 0 Å². The van der Waals surface area contributed by atoms with Crippen molar-refractivity contribution in [1.29, 1.82) is 0 Å². The first kappa shape index (κ1) is 24.8. The zero-order valence-corrected chi connectivity index (χ0v) is 19.7. The third-order valence-electron chi connectivity index (χ3n) is 5.08. The number of benzene rings is 1. The number of likely N-dealkylation sites (N-methyl/N-ethyl adjacent to an activating group) is 1. The molecule has 31 heavy (non-hydrogen) atoms. The van der Waals surface area contributed by atoms with Crippen LogP contribution in [0.25, 0.3) is 10.9 Å². The molecule has 0 saturated heterocycles. The third kappa shape index (κ3) is 8.30. The van der Waals surface area contributed by atoms with Crippen molar-refractivity contribution in [3.8, 4) is 11.5 Å². The minimum Gasteiger partial charge on any atom is -0.497 e. The van der Waals surface area contributed by atoms with Gasteiger partial charge in [0.25, 0.3) is 0 Å². The van der Waals surface area contributed by atoms with Crippen molar-refractivity contribution in [2.24, 2.45) is 4.99 Å². The Balaban J connectivity index is 1.82. The third-order valence-corrected chi connectivity index (χ3v) is 5.08. The van der Waals surface area contributed by atoms with E-state index in [9.17, 15) is 0 Å². The van der Waals surface area contributed by atoms with Crippen LogP contribution >= 0.6 is 0 Å². The van der Waals surface area contributed by atoms with E-state index in [1.54, 1.807) is 21.3 Å². The topological polar surface area (TPSA) is 83.1 Å². The van der Waals surface area contributed by atoms with Gasteiger partial charge in [-0.25, -0.2) is 0 Å². The van der Waals surface area contributed by atoms with Crippen molar-refractivity contribution < 1.29 is 14.2 Å². The van der Waals surface area contributed by atoms with E-state index in [1.807, 2.05) is 12.1 Å². The van der Waals surface area contributed by atoms with Crippen molar-refractivity contribution in [3.63, 3.8) is 0 Å². The molecule has 0 saturated carbocycles. The van der Waals surface area contributed by atoms with Crippen LogP contribution in [0.4, 0.5) is 0 Å². The van der Waals surface area contributed by atoms with Gasteiger partial charge in [-0.3, -0.25) is 4.99 Å². The van der Waals surface area contributed by atoms with E-state index in [4.69, 9.17) is 19.2 Å². The van der Waals surface area contributed by atoms with Gasteiger partial charge in [-0.1, -0.05) is 0 Å². The molecule has 174 valence electrons. The van der Waals surface area contributed by atoms with Crippen molar-refractivity contribution >= 4 is 16.9 Å². The van der Waals surface area contributed by atoms with Gasteiger partial charge >= 0.3 is 0 Å². The summed E-state index contributed by atoms with van der Waals surface area (Å²) in [7, 11) is 7.22. The molecule has 3 N–H and O–H groups in total. The van der Waals surface area contributed by atoms with Gasteiger partial charge in [-0.2, -0.15) is 0 Å². The Morgan fingerprint density at radius 1 is 1.06 bits per heavy atom. The Morgan fingerprint density at radius 2 is 1.90 bits per heavy atom. The number of methoxy groups -OCH3 is 3. The van der Waals surface area contributed by atoms with Gasteiger partial charge in [0.15, 0.2) is 5.96 Å². The van der Waals surface area contributed by atoms with E-state index in [2.05, 4.69) is 40.6 Å². The number of rotatable bonds is 14. The Labute approximate surface area is 186 Å². The molecule has 0 unspecified atom stereocenters. The number of aromatic nitrogens is 1. The van der Waals surface area contributed by atoms with Gasteiger partial charge in [-0.15, -0.1) is 0 Å². The number of H-pyrrole nitrogens is 1. The summed E-state index contributed by atoms with van der Waals surface area (Å²) in [6, 6.07) is 6.06. The zero-order valence-electron chi connectivity index (χ0n) is 19.7. The molecule has 0 aliphatic rings. The highest BCUT2D eigenvalue weighted by Crippen LogP contribution is 2.31. The fraction of sp³-hybridized carbons (Fsp3) is 0.609. The van der Waals surface area contributed by atoms with E-state index in [0.29, 0.717) is 0 Å². The van der Waals surface area contributed by atoms with E-state index < -0.39 is 0 Å². The highest BCUT2D eigenvalue weighted by atomic mass is 16.5. The average molecular weight is 434 g/mol. The first-order valence-corrected chi connectivity index (χ1v) is 11.0. The molecule has 0 radical (unpaired) electrons. The number of aryl methyl sites for hydroxylation is 1. The van der Waals surface area contributed by atoms with E-state index in [1.165, 1.54) is 5.69 Å². The van der Waals surface area contributed by atoms with Crippen LogP contribution < -0.4 is 20.1 Å². The minimum atomic E-state index is 0.759. The van der Waals surface area contributed by atoms with Gasteiger partial charge in [0.05, 0.1) is 19.7 Å². The summed E-state index contributed by atoms with van der Waals surface area (Å²) in [6.45, 7) is 7.35. The molecule has 2 rings (SSSR count). The highest BCUT2D eigenvalue weighted by Gasteiger charge is 2.09. The van der Waals surface area contributed by atoms with E-state index in [0.717, 1.165) is 87.0 Å². The second-order valence-electron chi connectivity index (χ2n) is 7.53. The molecule has 0 atom stereocenters. The van der Waals surface area contributed by atoms with E-state index in [-0.39, 0.29) is 0 Å². The molecule has 0 aliphatic heterocycles. The first-order chi connectivity index (χ1) is 15.1. The molecule has 0 amide bonds. The lowest BCUT2D eigenvalue weighted by Gasteiger charge is -2.18. The number of aliphatic imine (C=N–C) groups is 1. The van der Waals surface area contributed by atoms with Gasteiger partial charge in [0.1, 0.15) is 11.5 Å². The fourth-order valence-corrected chi connectivity index (χ4v) is 3.42. The summed E-state index contributed by atoms with van der Waals surface area (Å²) in [5, 5.41) is 7.81. The van der Waals surface area contributed by atoms with Crippen LogP contribution in [0.15, 0.2) is 23.2 Å². The van der Waals surface area contributed by atoms with Crippen LogP contribution in [0.2, 0.25) is 0 Å². The number of hydrogen-bond donors (Lipinski definition) is 3. The SMILES string of the molecule is CCNC(=NCCCc1cc2c(OC)cc(OC)cc2[nH]1)NCCN(C)CCCOC. The molecule has 1 heterocycles. The second kappa shape index (κ2) is 13.8. The molecule has 0 spiro atoms. The molecule has 8 heteroatoms. The number of nitrogens with one attached hydrogen (secondary N) is 3. The van der Waals surface area contributed by atoms with Crippen LogP contribution in [0.5, 0.6) is 11.5 Å². The number of guanidine groups is 1. The number of hydrogen-bond acceptors (Lipinski definition) is 5. The van der Waals surface area contributed by atoms with Gasteiger partial charge < -0.3 is 34.7 Å². The Morgan fingerprint density at radius 3 is 2.61 bits per heavy atom. The molecule has 0 fully saturated rings. The standard InChI is InChI=1S/C23H39N5O3/c1-6-24-23(26-11-13-28(2)12-8-14-29-3)25-10-7-9-18-15-20-21(27-18)16-19(30-4)17-22(20)31-5/h15-17,27H,6-14H2,1-5H3,(H2,24,25,26). The highest BCUT2D eigenvalue weighted by molar-refractivity contribution is 5.88. The van der Waals surface area contributed by atoms with Crippen molar-refractivity contribution in [3.05, 3.63) is 23.9 Å². The van der Waals surface area contributed by atoms with Crippen LogP contribution in [-0.4, -0.2) is 83.6 Å². The van der Waals surface area contributed by atoms with Gasteiger partial charge in [-0.05, 0) is 39.3 Å². The summed E-state index contributed by atoms with van der Waals surface area (Å²) < 4.78 is 16.0. The number of aromatic amines is 1. The minimum absolute atomic E-state index is 0.759. The second-order valence-corrected chi connectivity index (χ2v) is 7.53. The lowest BCUT2D eigenvalue weighted by molar-refractivity contribution is 0.180. The average Bonchev–Trinajstić information content (AvgIpc) is 3.18. The lowest BCUT2D eigenvalue weighted by atomic mass is 10.2. The van der Waals surface area contributed by atoms with Crippen LogP contribution in [0.1, 0.15) is 25.5 Å². The summed E-state index contributed by atoms with van der Waals surface area (Å²) in [4.78, 5) is 10.5. The summed E-state index contributed by atoms with van der Waals surface area (Å²) in [6.07, 6.45) is 2.93. The smallest absolute Gasteiger partial charge is 0.191 e. The molecule has 0 aliphatic carbocycles. The van der Waals surface area contributed by atoms with Crippen LogP contribution in [-0.2, 0) is 11.2 Å². The Kier molecular flexibility index (Phi) is 11.0. The Bertz CT molecular complexity index is 806. The summed E-state index contributed by atoms with van der Waals surface area (Å²) >= 11 is 0. The Hall–Kier alpha value is -2.45. The predicted octanol–water partition coefficient (Wildman–Crippen LogP) is 2.64. The quantitative estimate of drug-likeness (QED) is 0.241. The number of ether oxygens (including phenoxy) is 3. The first-order valence-electron chi connectivity index (χ1n) is 11.0. The van der Waals surface area contributed by atoms with Crippen LogP contribution in [0.3, 0.4) is 0 Å². The molecule has 1 aromatic heterocycles. The lowest BCUT2D eigenvalue weighted by Crippen LogP contribution is -2.41. The molecule has 1 aromatic carbocycles. The summed E-state index contributed by atoms with van der Waals surface area (Å²) in [5.74, 6) is 2.48. The normalized spacial score (nSPS) is 11.9. The molecule has 8 nitrogen and oxygen atoms in total. The van der Waals surface area contributed by atoms with Gasteiger partial charge in [0.2, 0.25) is 0 Å². The number of fused-ring (bicyclic) bond motifs is 1. The largest absolute Gasteiger partial charge is 0.497 e. The van der Waals surface area contributed by atoms with Crippen molar-refractivity contribution in [1.82, 2.24) is 20.5 Å². The maximum Gasteiger partial charge on any atom is 0.191 e.